The van der Waals surface area contributed by atoms with E-state index in [2.05, 4.69) is 29.6 Å². The number of amides is 1. The summed E-state index contributed by atoms with van der Waals surface area (Å²) in [6, 6.07) is 21.2. The zero-order valence-electron chi connectivity index (χ0n) is 16.3. The highest BCUT2D eigenvalue weighted by atomic mass is 16.5. The first-order valence-electron chi connectivity index (χ1n) is 9.21. The molecule has 3 aromatic carbocycles. The van der Waals surface area contributed by atoms with E-state index in [0.29, 0.717) is 11.3 Å². The number of carbonyl (C=O) groups excluding carboxylic acids is 1. The topological polar surface area (TPSA) is 66.6 Å². The summed E-state index contributed by atoms with van der Waals surface area (Å²) in [5.74, 6) is 0.733. The van der Waals surface area contributed by atoms with Gasteiger partial charge in [0, 0.05) is 5.56 Å². The first-order chi connectivity index (χ1) is 13.5. The van der Waals surface area contributed by atoms with Gasteiger partial charge in [-0.25, -0.2) is 0 Å². The SMILES string of the molecule is COc1ccc2cc(C[NH+](C)[C@@H](C)C(=O)Nc3ccccc3C#N)ccc2c1. The fraction of sp³-hybridized carbons (Fsp3) is 0.217. The number of hydrogen-bond acceptors (Lipinski definition) is 3. The van der Waals surface area contributed by atoms with Crippen LogP contribution in [0.1, 0.15) is 18.1 Å². The number of para-hydroxylation sites is 1. The first kappa shape index (κ1) is 19.4. The second kappa shape index (κ2) is 8.55. The molecule has 0 bridgehead atoms. The standard InChI is InChI=1S/C23H23N3O2/c1-16(23(27)25-22-7-5-4-6-20(22)14-24)26(2)15-17-8-9-19-13-21(28-3)11-10-18(19)12-17/h4-13,16H,15H2,1-3H3,(H,25,27)/p+1/t16-/m0/s1. The molecule has 0 spiro atoms. The van der Waals surface area contributed by atoms with Gasteiger partial charge >= 0.3 is 0 Å². The Morgan fingerprint density at radius 3 is 2.61 bits per heavy atom. The number of hydrogen-bond donors (Lipinski definition) is 2. The van der Waals surface area contributed by atoms with Crippen LogP contribution in [0.3, 0.4) is 0 Å². The van der Waals surface area contributed by atoms with Gasteiger partial charge < -0.3 is 15.0 Å². The molecule has 5 nitrogen and oxygen atoms in total. The van der Waals surface area contributed by atoms with E-state index >= 15 is 0 Å². The Morgan fingerprint density at radius 1 is 1.14 bits per heavy atom. The molecule has 1 unspecified atom stereocenters. The third-order valence-corrected chi connectivity index (χ3v) is 5.03. The molecule has 0 heterocycles. The van der Waals surface area contributed by atoms with Crippen molar-refractivity contribution in [2.24, 2.45) is 0 Å². The molecule has 0 saturated heterocycles. The minimum atomic E-state index is -0.265. The molecule has 2 atom stereocenters. The number of quaternary nitrogens is 1. The number of nitrogens with one attached hydrogen (secondary N) is 2. The molecule has 142 valence electrons. The molecular formula is C23H24N3O2+. The fourth-order valence-corrected chi connectivity index (χ4v) is 3.14. The summed E-state index contributed by atoms with van der Waals surface area (Å²) in [7, 11) is 3.66. The van der Waals surface area contributed by atoms with Gasteiger partial charge in [-0.15, -0.1) is 0 Å². The number of nitrogens with zero attached hydrogens (tertiary/aromatic N) is 1. The van der Waals surface area contributed by atoms with Gasteiger partial charge in [0.2, 0.25) is 0 Å². The normalized spacial score (nSPS) is 12.8. The van der Waals surface area contributed by atoms with Crippen LogP contribution in [0.15, 0.2) is 60.7 Å². The summed E-state index contributed by atoms with van der Waals surface area (Å²) in [6.45, 7) is 2.61. The average molecular weight is 374 g/mol. The number of nitriles is 1. The molecule has 0 fully saturated rings. The summed E-state index contributed by atoms with van der Waals surface area (Å²) in [6.07, 6.45) is 0. The van der Waals surface area contributed by atoms with Crippen molar-refractivity contribution in [1.82, 2.24) is 0 Å². The van der Waals surface area contributed by atoms with Gasteiger partial charge in [-0.1, -0.05) is 30.3 Å². The van der Waals surface area contributed by atoms with Crippen LogP contribution < -0.4 is 15.0 Å². The Kier molecular flexibility index (Phi) is 5.93. The smallest absolute Gasteiger partial charge is 0.282 e. The Balaban J connectivity index is 1.69. The third kappa shape index (κ3) is 4.30. The van der Waals surface area contributed by atoms with Gasteiger partial charge in [0.25, 0.3) is 5.91 Å². The van der Waals surface area contributed by atoms with Crippen molar-refractivity contribution in [1.29, 1.82) is 5.26 Å². The van der Waals surface area contributed by atoms with E-state index in [-0.39, 0.29) is 11.9 Å². The van der Waals surface area contributed by atoms with Gasteiger partial charge in [-0.05, 0) is 48.0 Å². The number of methoxy groups -OCH3 is 1. The summed E-state index contributed by atoms with van der Waals surface area (Å²) in [5.41, 5.74) is 2.17. The molecule has 5 heteroatoms. The molecule has 28 heavy (non-hydrogen) atoms. The largest absolute Gasteiger partial charge is 0.497 e. The first-order valence-corrected chi connectivity index (χ1v) is 9.21. The summed E-state index contributed by atoms with van der Waals surface area (Å²) in [4.78, 5) is 13.7. The van der Waals surface area contributed by atoms with E-state index in [1.54, 1.807) is 25.3 Å². The van der Waals surface area contributed by atoms with Crippen LogP contribution in [0.4, 0.5) is 5.69 Å². The predicted molar refractivity (Wildman–Crippen MR) is 110 cm³/mol. The number of ether oxygens (including phenoxy) is 1. The molecule has 3 rings (SSSR count). The van der Waals surface area contributed by atoms with E-state index in [1.807, 2.05) is 38.2 Å². The lowest BCUT2D eigenvalue weighted by atomic mass is 10.1. The van der Waals surface area contributed by atoms with E-state index in [0.717, 1.165) is 33.5 Å². The maximum Gasteiger partial charge on any atom is 0.282 e. The molecule has 0 radical (unpaired) electrons. The Hall–Kier alpha value is -3.36. The minimum absolute atomic E-state index is 0.106. The van der Waals surface area contributed by atoms with Gasteiger partial charge in [-0.2, -0.15) is 5.26 Å². The Morgan fingerprint density at radius 2 is 1.86 bits per heavy atom. The Bertz CT molecular complexity index is 1040. The van der Waals surface area contributed by atoms with Crippen LogP contribution in [0.2, 0.25) is 0 Å². The van der Waals surface area contributed by atoms with Crippen LogP contribution in [-0.2, 0) is 11.3 Å². The van der Waals surface area contributed by atoms with Crippen molar-refractivity contribution in [3.8, 4) is 11.8 Å². The highest BCUT2D eigenvalue weighted by Crippen LogP contribution is 2.21. The van der Waals surface area contributed by atoms with Crippen molar-refractivity contribution >= 4 is 22.4 Å². The van der Waals surface area contributed by atoms with Gasteiger partial charge in [-0.3, -0.25) is 4.79 Å². The van der Waals surface area contributed by atoms with E-state index in [4.69, 9.17) is 4.74 Å². The van der Waals surface area contributed by atoms with Crippen molar-refractivity contribution in [3.05, 3.63) is 71.8 Å². The average Bonchev–Trinajstić information content (AvgIpc) is 2.73. The number of likely N-dealkylation sites (N-methyl/N-ethyl adjacent to an activating group) is 1. The zero-order valence-corrected chi connectivity index (χ0v) is 16.3. The highest BCUT2D eigenvalue weighted by Gasteiger charge is 2.22. The van der Waals surface area contributed by atoms with Gasteiger partial charge in [0.1, 0.15) is 18.4 Å². The molecule has 0 aliphatic heterocycles. The van der Waals surface area contributed by atoms with Gasteiger partial charge in [0.15, 0.2) is 6.04 Å². The maximum atomic E-state index is 12.6. The third-order valence-electron chi connectivity index (χ3n) is 5.03. The number of fused-ring (bicyclic) bond motifs is 1. The second-order valence-corrected chi connectivity index (χ2v) is 6.94. The van der Waals surface area contributed by atoms with E-state index < -0.39 is 0 Å². The fourth-order valence-electron chi connectivity index (χ4n) is 3.14. The molecule has 0 aromatic heterocycles. The number of rotatable bonds is 6. The van der Waals surface area contributed by atoms with Crippen molar-refractivity contribution in [3.63, 3.8) is 0 Å². The lowest BCUT2D eigenvalue weighted by molar-refractivity contribution is -0.907. The molecular weight excluding hydrogens is 350 g/mol. The van der Waals surface area contributed by atoms with Crippen molar-refractivity contribution in [2.75, 3.05) is 19.5 Å². The second-order valence-electron chi connectivity index (χ2n) is 6.94. The molecule has 0 aliphatic rings. The molecule has 0 saturated carbocycles. The minimum Gasteiger partial charge on any atom is -0.497 e. The molecule has 2 N–H and O–H groups in total. The van der Waals surface area contributed by atoms with E-state index in [9.17, 15) is 10.1 Å². The summed E-state index contributed by atoms with van der Waals surface area (Å²) in [5, 5.41) is 14.3. The Labute approximate surface area is 165 Å². The quantitative estimate of drug-likeness (QED) is 0.697. The highest BCUT2D eigenvalue weighted by molar-refractivity contribution is 5.94. The number of benzene rings is 3. The lowest BCUT2D eigenvalue weighted by Crippen LogP contribution is -3.12. The lowest BCUT2D eigenvalue weighted by Gasteiger charge is -2.21. The molecule has 3 aromatic rings. The maximum absolute atomic E-state index is 12.6. The van der Waals surface area contributed by atoms with E-state index in [1.165, 1.54) is 0 Å². The monoisotopic (exact) mass is 374 g/mol. The molecule has 1 amide bonds. The summed E-state index contributed by atoms with van der Waals surface area (Å²) < 4.78 is 5.27. The van der Waals surface area contributed by atoms with Crippen LogP contribution >= 0.6 is 0 Å². The number of anilines is 1. The van der Waals surface area contributed by atoms with Crippen LogP contribution in [0, 0.1) is 11.3 Å². The molecule has 0 aliphatic carbocycles. The van der Waals surface area contributed by atoms with Crippen LogP contribution in [0.5, 0.6) is 5.75 Å². The number of carbonyl (C=O) groups is 1. The zero-order chi connectivity index (χ0) is 20.1. The van der Waals surface area contributed by atoms with Crippen LogP contribution in [0.25, 0.3) is 10.8 Å². The summed E-state index contributed by atoms with van der Waals surface area (Å²) >= 11 is 0. The van der Waals surface area contributed by atoms with Gasteiger partial charge in [0.05, 0.1) is 25.4 Å². The predicted octanol–water partition coefficient (Wildman–Crippen LogP) is 2.76. The van der Waals surface area contributed by atoms with Crippen LogP contribution in [-0.4, -0.2) is 26.1 Å². The van der Waals surface area contributed by atoms with Crippen molar-refractivity contribution < 1.29 is 14.4 Å². The van der Waals surface area contributed by atoms with Crippen molar-refractivity contribution in [2.45, 2.75) is 19.5 Å².